The minimum atomic E-state index is -1.44. The van der Waals surface area contributed by atoms with Crippen molar-refractivity contribution < 1.29 is 20.1 Å². The molecule has 0 saturated heterocycles. The Labute approximate surface area is 154 Å². The van der Waals surface area contributed by atoms with Crippen LogP contribution in [0.25, 0.3) is 0 Å². The first-order valence-electron chi connectivity index (χ1n) is 10.3. The van der Waals surface area contributed by atoms with E-state index in [1.54, 1.807) is 0 Å². The summed E-state index contributed by atoms with van der Waals surface area (Å²) in [4.78, 5) is 11.5. The van der Waals surface area contributed by atoms with Crippen molar-refractivity contribution in [2.45, 2.75) is 109 Å². The van der Waals surface area contributed by atoms with Crippen LogP contribution in [0.4, 0.5) is 0 Å². The lowest BCUT2D eigenvalue weighted by Crippen LogP contribution is -2.36. The number of rotatable bonds is 18. The van der Waals surface area contributed by atoms with Gasteiger partial charge in [0, 0.05) is 6.42 Å². The number of hydrogen-bond donors (Lipinski definition) is 3. The van der Waals surface area contributed by atoms with Crippen molar-refractivity contribution in [3.8, 4) is 0 Å². The summed E-state index contributed by atoms with van der Waals surface area (Å²) >= 11 is 0. The van der Waals surface area contributed by atoms with Crippen LogP contribution in [0.5, 0.6) is 0 Å². The van der Waals surface area contributed by atoms with Gasteiger partial charge in [-0.05, 0) is 32.1 Å². The van der Waals surface area contributed by atoms with E-state index in [2.05, 4.69) is 19.1 Å². The molecule has 0 aromatic rings. The van der Waals surface area contributed by atoms with E-state index in [1.807, 2.05) is 0 Å². The summed E-state index contributed by atoms with van der Waals surface area (Å²) in [7, 11) is 0. The second-order valence-electron chi connectivity index (χ2n) is 7.00. The highest BCUT2D eigenvalue weighted by Crippen LogP contribution is 2.11. The number of Topliss-reactive ketones (excluding diaryl/α,β-unsaturated/α-hetero) is 1. The van der Waals surface area contributed by atoms with E-state index in [4.69, 9.17) is 5.11 Å². The van der Waals surface area contributed by atoms with Crippen LogP contribution in [-0.4, -0.2) is 39.9 Å². The quantitative estimate of drug-likeness (QED) is 0.253. The molecule has 0 saturated carbocycles. The van der Waals surface area contributed by atoms with E-state index in [0.717, 1.165) is 32.1 Å². The lowest BCUT2D eigenvalue weighted by Gasteiger charge is -2.13. The van der Waals surface area contributed by atoms with Gasteiger partial charge < -0.3 is 15.3 Å². The fourth-order valence-corrected chi connectivity index (χ4v) is 2.83. The molecule has 4 heteroatoms. The summed E-state index contributed by atoms with van der Waals surface area (Å²) in [6.45, 7) is 1.66. The second kappa shape index (κ2) is 18.1. The van der Waals surface area contributed by atoms with Crippen LogP contribution in [0.15, 0.2) is 12.2 Å². The van der Waals surface area contributed by atoms with Crippen molar-refractivity contribution in [2.75, 3.05) is 6.61 Å². The lowest BCUT2D eigenvalue weighted by molar-refractivity contribution is -0.134. The molecule has 0 heterocycles. The van der Waals surface area contributed by atoms with E-state index >= 15 is 0 Å². The van der Waals surface area contributed by atoms with Gasteiger partial charge in [-0.3, -0.25) is 4.79 Å². The van der Waals surface area contributed by atoms with E-state index in [0.29, 0.717) is 0 Å². The van der Waals surface area contributed by atoms with Gasteiger partial charge in [-0.15, -0.1) is 0 Å². The smallest absolute Gasteiger partial charge is 0.164 e. The molecule has 0 rings (SSSR count). The van der Waals surface area contributed by atoms with Gasteiger partial charge in [0.25, 0.3) is 0 Å². The van der Waals surface area contributed by atoms with Crippen molar-refractivity contribution in [3.05, 3.63) is 12.2 Å². The molecule has 148 valence electrons. The first kappa shape index (κ1) is 24.3. The molecule has 2 unspecified atom stereocenters. The number of carbonyl (C=O) groups is 1. The van der Waals surface area contributed by atoms with Crippen LogP contribution in [-0.2, 0) is 4.79 Å². The summed E-state index contributed by atoms with van der Waals surface area (Å²) in [6.07, 6.45) is 17.7. The van der Waals surface area contributed by atoms with Gasteiger partial charge in [0.2, 0.25) is 0 Å². The zero-order valence-electron chi connectivity index (χ0n) is 16.2. The molecule has 25 heavy (non-hydrogen) atoms. The van der Waals surface area contributed by atoms with Gasteiger partial charge in [-0.1, -0.05) is 70.4 Å². The summed E-state index contributed by atoms with van der Waals surface area (Å²) in [5.41, 5.74) is 0. The normalized spacial score (nSPS) is 14.1. The molecule has 3 N–H and O–H groups in total. The predicted octanol–water partition coefficient (Wildman–Crippen LogP) is 4.31. The Bertz CT molecular complexity index is 328. The monoisotopic (exact) mass is 356 g/mol. The highest BCUT2D eigenvalue weighted by Gasteiger charge is 2.22. The Morgan fingerprint density at radius 1 is 0.800 bits per heavy atom. The van der Waals surface area contributed by atoms with Crippen molar-refractivity contribution in [1.82, 2.24) is 0 Å². The molecule has 0 aliphatic heterocycles. The van der Waals surface area contributed by atoms with Gasteiger partial charge in [-0.25, -0.2) is 0 Å². The maximum Gasteiger partial charge on any atom is 0.164 e. The zero-order valence-corrected chi connectivity index (χ0v) is 16.2. The third-order valence-corrected chi connectivity index (χ3v) is 4.57. The molecule has 0 aromatic carbocycles. The average Bonchev–Trinajstić information content (AvgIpc) is 2.63. The van der Waals surface area contributed by atoms with Crippen LogP contribution in [0.2, 0.25) is 0 Å². The number of ketones is 1. The third-order valence-electron chi connectivity index (χ3n) is 4.57. The van der Waals surface area contributed by atoms with Crippen LogP contribution in [0.1, 0.15) is 96.8 Å². The molecule has 0 aliphatic rings. The standard InChI is InChI=1S/C21H40O4/c1-2-3-4-5-6-7-8-9-10-11-12-13-14-15-16-17-19(23)21(25)20(24)18-22/h9-10,20-22,24-25H,2-8,11-18H2,1H3/b10-9+. The lowest BCUT2D eigenvalue weighted by atomic mass is 10.0. The molecule has 0 bridgehead atoms. The maximum atomic E-state index is 11.5. The topological polar surface area (TPSA) is 77.8 Å². The minimum Gasteiger partial charge on any atom is -0.394 e. The number of allylic oxidation sites excluding steroid dienone is 2. The van der Waals surface area contributed by atoms with E-state index in [9.17, 15) is 15.0 Å². The fourth-order valence-electron chi connectivity index (χ4n) is 2.83. The summed E-state index contributed by atoms with van der Waals surface area (Å²) < 4.78 is 0. The van der Waals surface area contributed by atoms with Gasteiger partial charge in [0.1, 0.15) is 12.2 Å². The molecule has 2 atom stereocenters. The number of aliphatic hydroxyl groups is 3. The van der Waals surface area contributed by atoms with Crippen LogP contribution in [0.3, 0.4) is 0 Å². The molecule has 0 aromatic heterocycles. The Morgan fingerprint density at radius 3 is 1.80 bits per heavy atom. The van der Waals surface area contributed by atoms with Crippen molar-refractivity contribution in [1.29, 1.82) is 0 Å². The van der Waals surface area contributed by atoms with Crippen LogP contribution >= 0.6 is 0 Å². The number of aliphatic hydroxyl groups excluding tert-OH is 3. The van der Waals surface area contributed by atoms with E-state index in [-0.39, 0.29) is 12.2 Å². The number of hydrogen-bond acceptors (Lipinski definition) is 4. The van der Waals surface area contributed by atoms with E-state index < -0.39 is 18.8 Å². The highest BCUT2D eigenvalue weighted by molar-refractivity contribution is 5.83. The van der Waals surface area contributed by atoms with Crippen molar-refractivity contribution >= 4 is 5.78 Å². The number of unbranched alkanes of at least 4 members (excludes halogenated alkanes) is 11. The molecular weight excluding hydrogens is 316 g/mol. The Morgan fingerprint density at radius 2 is 1.28 bits per heavy atom. The SMILES string of the molecule is CCCCCCCC/C=C/CCCCCCCC(=O)C(O)C(O)CO. The fraction of sp³-hybridized carbons (Fsp3) is 0.857. The molecule has 0 amide bonds. The Balaban J connectivity index is 3.33. The summed E-state index contributed by atoms with van der Waals surface area (Å²) in [5, 5.41) is 27.3. The summed E-state index contributed by atoms with van der Waals surface area (Å²) in [6, 6.07) is 0. The van der Waals surface area contributed by atoms with Gasteiger partial charge in [0.05, 0.1) is 6.61 Å². The molecule has 0 aliphatic carbocycles. The van der Waals surface area contributed by atoms with E-state index in [1.165, 1.54) is 51.4 Å². The third kappa shape index (κ3) is 15.3. The Hall–Kier alpha value is -0.710. The predicted molar refractivity (Wildman–Crippen MR) is 104 cm³/mol. The summed E-state index contributed by atoms with van der Waals surface area (Å²) in [5.74, 6) is -0.376. The second-order valence-corrected chi connectivity index (χ2v) is 7.00. The Kier molecular flexibility index (Phi) is 17.6. The highest BCUT2D eigenvalue weighted by atomic mass is 16.4. The first-order chi connectivity index (χ1) is 12.1. The first-order valence-corrected chi connectivity index (χ1v) is 10.3. The zero-order chi connectivity index (χ0) is 18.8. The van der Waals surface area contributed by atoms with Gasteiger partial charge in [0.15, 0.2) is 5.78 Å². The van der Waals surface area contributed by atoms with Gasteiger partial charge in [-0.2, -0.15) is 0 Å². The minimum absolute atomic E-state index is 0.274. The molecule has 0 radical (unpaired) electrons. The largest absolute Gasteiger partial charge is 0.394 e. The average molecular weight is 357 g/mol. The van der Waals surface area contributed by atoms with Gasteiger partial charge >= 0.3 is 0 Å². The van der Waals surface area contributed by atoms with Crippen molar-refractivity contribution in [3.63, 3.8) is 0 Å². The molecular formula is C21H40O4. The number of carbonyl (C=O) groups excluding carboxylic acids is 1. The molecule has 0 fully saturated rings. The van der Waals surface area contributed by atoms with Crippen molar-refractivity contribution in [2.24, 2.45) is 0 Å². The van der Waals surface area contributed by atoms with Crippen LogP contribution < -0.4 is 0 Å². The van der Waals surface area contributed by atoms with Crippen LogP contribution in [0, 0.1) is 0 Å². The molecule has 0 spiro atoms. The maximum absolute atomic E-state index is 11.5. The molecule has 4 nitrogen and oxygen atoms in total.